The predicted molar refractivity (Wildman–Crippen MR) is 116 cm³/mol. The van der Waals surface area contributed by atoms with Crippen LogP contribution >= 0.6 is 0 Å². The molecule has 0 fully saturated rings. The van der Waals surface area contributed by atoms with Crippen LogP contribution in [0.15, 0.2) is 42.9 Å². The van der Waals surface area contributed by atoms with E-state index in [1.807, 2.05) is 45.0 Å². The predicted octanol–water partition coefficient (Wildman–Crippen LogP) is 3.84. The van der Waals surface area contributed by atoms with E-state index in [-0.39, 0.29) is 12.2 Å². The standard InChI is InChI=1S/C21H21N7O.H3N/c1-12-9-22-21(23-10-12)15-7-16-18(11-24-28-20(16)19(8-15)29-4)25-14(3)17-6-5-13(2)26-27-17;/h5-11,14H,1-4H3,(H,25,28);1H3/t14-;/m1./s1. The van der Waals surface area contributed by atoms with Gasteiger partial charge in [-0.3, -0.25) is 0 Å². The Kier molecular flexibility index (Phi) is 6.12. The molecule has 0 radical (unpaired) electrons. The summed E-state index contributed by atoms with van der Waals surface area (Å²) in [6.45, 7) is 5.89. The van der Waals surface area contributed by atoms with Crippen molar-refractivity contribution >= 4 is 16.6 Å². The molecule has 0 amide bonds. The molecule has 0 saturated heterocycles. The molecule has 0 spiro atoms. The van der Waals surface area contributed by atoms with Gasteiger partial charge in [0.2, 0.25) is 0 Å². The second-order valence-corrected chi connectivity index (χ2v) is 6.88. The van der Waals surface area contributed by atoms with Gasteiger partial charge in [0.05, 0.1) is 36.4 Å². The molecule has 0 aliphatic rings. The number of nitrogens with one attached hydrogen (secondary N) is 1. The van der Waals surface area contributed by atoms with Crippen molar-refractivity contribution in [3.05, 3.63) is 59.8 Å². The number of ether oxygens (including phenoxy) is 1. The number of anilines is 1. The van der Waals surface area contributed by atoms with Crippen molar-refractivity contribution in [2.75, 3.05) is 12.4 Å². The lowest BCUT2D eigenvalue weighted by Crippen LogP contribution is -2.10. The monoisotopic (exact) mass is 404 g/mol. The largest absolute Gasteiger partial charge is 0.494 e. The second-order valence-electron chi connectivity index (χ2n) is 6.88. The average molecular weight is 404 g/mol. The smallest absolute Gasteiger partial charge is 0.159 e. The minimum atomic E-state index is -0.0687. The summed E-state index contributed by atoms with van der Waals surface area (Å²) in [5, 5.41) is 21.1. The van der Waals surface area contributed by atoms with Gasteiger partial charge in [-0.1, -0.05) is 0 Å². The van der Waals surface area contributed by atoms with E-state index < -0.39 is 0 Å². The molecule has 4 N–H and O–H groups in total. The Balaban J connectivity index is 0.00000256. The zero-order valence-corrected chi connectivity index (χ0v) is 17.4. The zero-order chi connectivity index (χ0) is 20.4. The van der Waals surface area contributed by atoms with Crippen LogP contribution in [-0.4, -0.2) is 37.5 Å². The van der Waals surface area contributed by atoms with Gasteiger partial charge in [-0.25, -0.2) is 9.97 Å². The van der Waals surface area contributed by atoms with Crippen LogP contribution in [0.3, 0.4) is 0 Å². The fourth-order valence-electron chi connectivity index (χ4n) is 3.02. The van der Waals surface area contributed by atoms with Gasteiger partial charge in [-0.15, -0.1) is 5.10 Å². The molecule has 4 aromatic rings. The van der Waals surface area contributed by atoms with Crippen molar-refractivity contribution in [3.63, 3.8) is 0 Å². The van der Waals surface area contributed by atoms with Crippen molar-refractivity contribution in [2.24, 2.45) is 0 Å². The highest BCUT2D eigenvalue weighted by Gasteiger charge is 2.15. The number of hydrogen-bond acceptors (Lipinski definition) is 9. The summed E-state index contributed by atoms with van der Waals surface area (Å²) in [6.07, 6.45) is 5.28. The van der Waals surface area contributed by atoms with E-state index in [1.54, 1.807) is 25.7 Å². The molecule has 9 heteroatoms. The van der Waals surface area contributed by atoms with E-state index in [2.05, 4.69) is 35.7 Å². The molecular weight excluding hydrogens is 380 g/mol. The third kappa shape index (κ3) is 4.15. The fourth-order valence-corrected chi connectivity index (χ4v) is 3.02. The molecule has 1 aromatic carbocycles. The highest BCUT2D eigenvalue weighted by atomic mass is 16.5. The molecule has 154 valence electrons. The summed E-state index contributed by atoms with van der Waals surface area (Å²) >= 11 is 0. The Bertz CT molecular complexity index is 1150. The van der Waals surface area contributed by atoms with E-state index in [1.165, 1.54) is 0 Å². The maximum atomic E-state index is 5.56. The summed E-state index contributed by atoms with van der Waals surface area (Å²) in [4.78, 5) is 8.87. The maximum absolute atomic E-state index is 5.56. The lowest BCUT2D eigenvalue weighted by atomic mass is 10.1. The number of nitrogens with zero attached hydrogens (tertiary/aromatic N) is 6. The van der Waals surface area contributed by atoms with Crippen molar-refractivity contribution in [1.82, 2.24) is 36.5 Å². The number of rotatable bonds is 5. The van der Waals surface area contributed by atoms with E-state index in [9.17, 15) is 0 Å². The van der Waals surface area contributed by atoms with Crippen LogP contribution in [0.25, 0.3) is 22.3 Å². The second kappa shape index (κ2) is 8.75. The maximum Gasteiger partial charge on any atom is 0.159 e. The molecule has 3 aromatic heterocycles. The van der Waals surface area contributed by atoms with Gasteiger partial charge in [0.1, 0.15) is 11.3 Å². The molecule has 0 bridgehead atoms. The lowest BCUT2D eigenvalue weighted by molar-refractivity contribution is 0.418. The van der Waals surface area contributed by atoms with Gasteiger partial charge in [0.25, 0.3) is 0 Å². The van der Waals surface area contributed by atoms with E-state index >= 15 is 0 Å². The fraction of sp³-hybridized carbons (Fsp3) is 0.238. The molecule has 4 rings (SSSR count). The van der Waals surface area contributed by atoms with E-state index in [4.69, 9.17) is 4.74 Å². The first-order valence-corrected chi connectivity index (χ1v) is 9.24. The third-order valence-electron chi connectivity index (χ3n) is 4.60. The first-order chi connectivity index (χ1) is 14.0. The number of benzene rings is 1. The number of aryl methyl sites for hydroxylation is 2. The summed E-state index contributed by atoms with van der Waals surface area (Å²) in [7, 11) is 1.61. The Morgan fingerprint density at radius 2 is 1.73 bits per heavy atom. The van der Waals surface area contributed by atoms with Gasteiger partial charge >= 0.3 is 0 Å². The Morgan fingerprint density at radius 3 is 2.40 bits per heavy atom. The van der Waals surface area contributed by atoms with Crippen LogP contribution in [0, 0.1) is 13.8 Å². The van der Waals surface area contributed by atoms with Crippen molar-refractivity contribution in [2.45, 2.75) is 26.8 Å². The topological polar surface area (TPSA) is 134 Å². The minimum Gasteiger partial charge on any atom is -0.494 e. The zero-order valence-electron chi connectivity index (χ0n) is 17.4. The Morgan fingerprint density at radius 1 is 0.967 bits per heavy atom. The minimum absolute atomic E-state index is 0. The number of methoxy groups -OCH3 is 1. The third-order valence-corrected chi connectivity index (χ3v) is 4.60. The van der Waals surface area contributed by atoms with Gasteiger partial charge in [-0.05, 0) is 50.6 Å². The van der Waals surface area contributed by atoms with Crippen LogP contribution in [0.5, 0.6) is 5.75 Å². The molecule has 0 saturated carbocycles. The number of fused-ring (bicyclic) bond motifs is 1. The molecular formula is C21H24N8O. The van der Waals surface area contributed by atoms with Crippen LogP contribution in [0.2, 0.25) is 0 Å². The molecule has 0 aliphatic heterocycles. The van der Waals surface area contributed by atoms with Gasteiger partial charge < -0.3 is 16.2 Å². The average Bonchev–Trinajstić information content (AvgIpc) is 2.74. The molecule has 9 nitrogen and oxygen atoms in total. The molecule has 3 heterocycles. The van der Waals surface area contributed by atoms with E-state index in [0.717, 1.165) is 33.6 Å². The molecule has 0 unspecified atom stereocenters. The number of hydrogen-bond donors (Lipinski definition) is 2. The quantitative estimate of drug-likeness (QED) is 0.509. The van der Waals surface area contributed by atoms with Gasteiger partial charge in [0.15, 0.2) is 5.82 Å². The highest BCUT2D eigenvalue weighted by Crippen LogP contribution is 2.34. The SMILES string of the molecule is COc1cc(-c2ncc(C)cn2)cc2c(N[C@H](C)c3ccc(C)nn3)cnnc12.N. The molecule has 1 atom stereocenters. The Labute approximate surface area is 174 Å². The first kappa shape index (κ1) is 21.0. The van der Waals surface area contributed by atoms with Crippen LogP contribution < -0.4 is 16.2 Å². The van der Waals surface area contributed by atoms with Gasteiger partial charge in [0, 0.05) is 23.3 Å². The van der Waals surface area contributed by atoms with Crippen LogP contribution in [0.4, 0.5) is 5.69 Å². The molecule has 0 aliphatic carbocycles. The lowest BCUT2D eigenvalue weighted by Gasteiger charge is -2.16. The van der Waals surface area contributed by atoms with Crippen LogP contribution in [0.1, 0.15) is 29.9 Å². The number of aromatic nitrogens is 6. The first-order valence-electron chi connectivity index (χ1n) is 9.24. The summed E-state index contributed by atoms with van der Waals surface area (Å²) in [6, 6.07) is 7.70. The van der Waals surface area contributed by atoms with Gasteiger partial charge in [-0.2, -0.15) is 15.3 Å². The van der Waals surface area contributed by atoms with Crippen LogP contribution in [-0.2, 0) is 0 Å². The summed E-state index contributed by atoms with van der Waals surface area (Å²) in [5.74, 6) is 1.23. The normalized spacial score (nSPS) is 11.6. The van der Waals surface area contributed by atoms with Crippen molar-refractivity contribution < 1.29 is 4.74 Å². The highest BCUT2D eigenvalue weighted by molar-refractivity contribution is 5.97. The van der Waals surface area contributed by atoms with E-state index in [0.29, 0.717) is 17.1 Å². The van der Waals surface area contributed by atoms with Crippen molar-refractivity contribution in [3.8, 4) is 17.1 Å². The summed E-state index contributed by atoms with van der Waals surface area (Å²) < 4.78 is 5.56. The van der Waals surface area contributed by atoms with Crippen molar-refractivity contribution in [1.29, 1.82) is 0 Å². The summed E-state index contributed by atoms with van der Waals surface area (Å²) in [5.41, 5.74) is 5.04. The Hall–Kier alpha value is -3.72. The molecule has 30 heavy (non-hydrogen) atoms.